The van der Waals surface area contributed by atoms with Gasteiger partial charge in [-0.1, -0.05) is 12.6 Å². The number of aromatic nitrogens is 1. The van der Waals surface area contributed by atoms with Gasteiger partial charge in [0.1, 0.15) is 23.9 Å². The zero-order valence-electron chi connectivity index (χ0n) is 24.5. The fourth-order valence-electron chi connectivity index (χ4n) is 3.92. The third kappa shape index (κ3) is 11.3. The summed E-state index contributed by atoms with van der Waals surface area (Å²) in [5.41, 5.74) is 21.6. The van der Waals surface area contributed by atoms with Crippen LogP contribution in [0, 0.1) is 5.92 Å². The van der Waals surface area contributed by atoms with E-state index < -0.39 is 64.4 Å². The Morgan fingerprint density at radius 3 is 2.23 bits per heavy atom. The van der Waals surface area contributed by atoms with Crippen molar-refractivity contribution in [2.75, 3.05) is 25.4 Å². The first-order valence-corrected chi connectivity index (χ1v) is 15.0. The minimum Gasteiger partial charge on any atom is -0.489 e. The lowest BCUT2D eigenvalue weighted by atomic mass is 9.74. The van der Waals surface area contributed by atoms with Gasteiger partial charge in [0.2, 0.25) is 0 Å². The number of oxime groups is 1. The van der Waals surface area contributed by atoms with Crippen molar-refractivity contribution in [3.63, 3.8) is 0 Å². The molecule has 0 saturated carbocycles. The highest BCUT2D eigenvalue weighted by Gasteiger charge is 2.57. The van der Waals surface area contributed by atoms with E-state index in [-0.39, 0.29) is 76.0 Å². The maximum absolute atomic E-state index is 13.3. The summed E-state index contributed by atoms with van der Waals surface area (Å²) >= 11 is 0.970. The Morgan fingerprint density at radius 2 is 1.77 bits per heavy atom. The van der Waals surface area contributed by atoms with Crippen LogP contribution in [-0.2, 0) is 33.9 Å². The number of rotatable bonds is 16. The number of hydrogen-bond acceptors (Lipinski definition) is 15. The Morgan fingerprint density at radius 1 is 1.17 bits per heavy atom. The van der Waals surface area contributed by atoms with Gasteiger partial charge in [0.05, 0.1) is 17.5 Å². The maximum Gasteiger partial charge on any atom is 0.418 e. The molecule has 0 bridgehead atoms. The summed E-state index contributed by atoms with van der Waals surface area (Å²) in [7, 11) is -4.99. The lowest BCUT2D eigenvalue weighted by Crippen LogP contribution is -2.68. The molecule has 1 amide bonds. The van der Waals surface area contributed by atoms with E-state index in [0.717, 1.165) is 11.3 Å². The van der Waals surface area contributed by atoms with E-state index in [0.29, 0.717) is 10.6 Å². The first-order valence-electron chi connectivity index (χ1n) is 12.8. The number of hydroxylamine groups is 2. The third-order valence-corrected chi connectivity index (χ3v) is 7.44. The maximum atomic E-state index is 13.3. The molecule has 1 aliphatic heterocycles. The summed E-state index contributed by atoms with van der Waals surface area (Å²) in [6.07, 6.45) is -2.20. The topological polar surface area (TPSA) is 298 Å². The van der Waals surface area contributed by atoms with Crippen molar-refractivity contribution < 1.29 is 46.3 Å². The lowest BCUT2D eigenvalue weighted by molar-refractivity contribution is -0.228. The zero-order valence-corrected chi connectivity index (χ0v) is 28.2. The Labute approximate surface area is 289 Å². The fourth-order valence-corrected chi connectivity index (χ4v) is 4.92. The van der Waals surface area contributed by atoms with Gasteiger partial charge in [0.25, 0.3) is 12.0 Å². The largest absolute Gasteiger partial charge is 0.489 e. The first kappa shape index (κ1) is 43.5. The van der Waals surface area contributed by atoms with Gasteiger partial charge < -0.3 is 37.6 Å². The number of aliphatic imine (C=N–C) groups is 1. The number of benzene rings is 1. The van der Waals surface area contributed by atoms with E-state index in [1.54, 1.807) is 12.1 Å². The summed E-state index contributed by atoms with van der Waals surface area (Å²) in [6.45, 7) is 2.74. The van der Waals surface area contributed by atoms with Crippen LogP contribution in [0.25, 0.3) is 0 Å². The predicted molar refractivity (Wildman–Crippen MR) is 184 cm³/mol. The van der Waals surface area contributed by atoms with E-state index in [2.05, 4.69) is 19.4 Å². The van der Waals surface area contributed by atoms with Crippen LogP contribution in [0.3, 0.4) is 0 Å². The molecule has 0 spiro atoms. The van der Waals surface area contributed by atoms with Crippen LogP contribution >= 0.6 is 38.3 Å². The number of nitrogens with two attached hydrogens (primary N) is 4. The number of anilines is 1. The van der Waals surface area contributed by atoms with Crippen LogP contribution in [0.15, 0.2) is 39.8 Å². The number of nitrogen functional groups attached to an aromatic ring is 1. The van der Waals surface area contributed by atoms with Gasteiger partial charge in [-0.15, -0.1) is 15.6 Å². The zero-order chi connectivity index (χ0) is 32.8. The number of carbonyl (C=O) groups excluding carboxylic acids is 2. The van der Waals surface area contributed by atoms with Crippen LogP contribution in [-0.4, -0.2) is 94.7 Å². The lowest BCUT2D eigenvalue weighted by Gasteiger charge is -2.50. The molecule has 2 aromatic rings. The summed E-state index contributed by atoms with van der Waals surface area (Å²) in [6, 6.07) is 5.91. The molecular formula is C25H40N8O10S4. The molecule has 1 aromatic heterocycles. The number of aliphatic carboxylic acids is 1. The van der Waals surface area contributed by atoms with Gasteiger partial charge in [-0.25, -0.2) is 9.78 Å². The molecule has 1 aliphatic rings. The second-order valence-electron chi connectivity index (χ2n) is 9.89. The van der Waals surface area contributed by atoms with Crippen molar-refractivity contribution >= 4 is 83.1 Å². The van der Waals surface area contributed by atoms with E-state index in [1.807, 2.05) is 0 Å². The summed E-state index contributed by atoms with van der Waals surface area (Å²) in [5.74, 6) is -3.76. The highest BCUT2D eigenvalue weighted by atomic mass is 32.3. The van der Waals surface area contributed by atoms with Gasteiger partial charge in [-0.05, 0) is 38.1 Å². The molecule has 264 valence electrons. The molecule has 1 saturated heterocycles. The second kappa shape index (κ2) is 18.1. The average Bonchev–Trinajstić information content (AvgIpc) is 3.39. The number of thiazole rings is 1. The van der Waals surface area contributed by atoms with E-state index in [9.17, 15) is 27.9 Å². The molecule has 10 N–H and O–H groups in total. The molecule has 1 unspecified atom stereocenters. The van der Waals surface area contributed by atoms with Crippen molar-refractivity contribution in [1.82, 2.24) is 10.0 Å². The van der Waals surface area contributed by atoms with E-state index in [4.69, 9.17) is 37.1 Å². The first-order chi connectivity index (χ1) is 20.6. The number of ketones is 1. The Balaban J connectivity index is 0.00000705. The van der Waals surface area contributed by atoms with Crippen LogP contribution < -0.4 is 27.7 Å². The molecule has 0 aliphatic carbocycles. The standard InChI is InChI=1S/C24H32N8O10S2.CH4.2H2S/c1-24(2)15(21(34)32(24)42-44(37,38)39)7-17(33)19(16-11-43-23(28)30-16)31-41-18(22(35)36)10-40-14-5-3-12(4-6-14)20(27)29-13(8-25)9-26;;;/h3-6,11,13,15,18H,7-10,25-26H2,1-2H3,(H2,27,29)(H2,28,30)(H,35,36)(H,37,38,39);1H4;2*1H2/b31-19-;;;/t15?,18-;;;/m0.../s1. The number of amidine groups is 1. The molecular weight excluding hydrogens is 701 g/mol. The van der Waals surface area contributed by atoms with Crippen molar-refractivity contribution in [3.8, 4) is 5.75 Å². The quantitative estimate of drug-likeness (QED) is 0.0426. The Hall–Kier alpha value is -3.51. The highest BCUT2D eigenvalue weighted by Crippen LogP contribution is 2.40. The van der Waals surface area contributed by atoms with E-state index in [1.165, 1.54) is 31.4 Å². The molecule has 1 aromatic carbocycles. The van der Waals surface area contributed by atoms with E-state index >= 15 is 0 Å². The Bertz CT molecular complexity index is 1550. The molecule has 18 nitrogen and oxygen atoms in total. The molecule has 2 heterocycles. The molecule has 22 heteroatoms. The number of carboxylic acid groups (broad SMARTS) is 1. The molecule has 1 fully saturated rings. The predicted octanol–water partition coefficient (Wildman–Crippen LogP) is -0.238. The number of amides is 1. The van der Waals surface area contributed by atoms with Crippen molar-refractivity contribution in [2.24, 2.45) is 33.3 Å². The van der Waals surface area contributed by atoms with Gasteiger partial charge in [0, 0.05) is 30.5 Å². The monoisotopic (exact) mass is 740 g/mol. The van der Waals surface area contributed by atoms with Crippen molar-refractivity contribution in [2.45, 2.75) is 45.4 Å². The van der Waals surface area contributed by atoms with Crippen molar-refractivity contribution in [3.05, 3.63) is 40.9 Å². The number of nitrogens with zero attached hydrogens (tertiary/aromatic N) is 4. The minimum atomic E-state index is -4.99. The summed E-state index contributed by atoms with van der Waals surface area (Å²) in [5, 5.41) is 15.3. The van der Waals surface area contributed by atoms with Crippen LogP contribution in [0.2, 0.25) is 0 Å². The SMILES string of the molecule is C.CC1(C)C(CC(=O)/C(=N\O[C@@H](COc2ccc(C(N)=NC(CN)CN)cc2)C(=O)O)c2csc(N)n2)C(=O)N1OS(=O)(=O)O.S.S. The number of β-lactam (4-membered cyclic amide) rings is 1. The number of ether oxygens (including phenoxy) is 1. The fraction of sp³-hybridized carbons (Fsp3) is 0.440. The number of Topliss-reactive ketones (excluding diaryl/α,β-unsaturated/α-hetero) is 1. The summed E-state index contributed by atoms with van der Waals surface area (Å²) in [4.78, 5) is 51.1. The second-order valence-corrected chi connectivity index (χ2v) is 11.8. The average molecular weight is 741 g/mol. The highest BCUT2D eigenvalue weighted by molar-refractivity contribution is 7.80. The molecule has 3 rings (SSSR count). The van der Waals surface area contributed by atoms with Crippen molar-refractivity contribution in [1.29, 1.82) is 0 Å². The Kier molecular flexibility index (Phi) is 16.8. The molecule has 0 radical (unpaired) electrons. The van der Waals surface area contributed by atoms with Crippen LogP contribution in [0.4, 0.5) is 5.13 Å². The van der Waals surface area contributed by atoms with Gasteiger partial charge >= 0.3 is 16.4 Å². The van der Waals surface area contributed by atoms with Gasteiger partial charge in [-0.3, -0.25) is 19.1 Å². The van der Waals surface area contributed by atoms with Crippen LogP contribution in [0.1, 0.15) is 39.0 Å². The molecule has 47 heavy (non-hydrogen) atoms. The molecule has 2 atom stereocenters. The van der Waals surface area contributed by atoms with Crippen LogP contribution in [0.5, 0.6) is 5.75 Å². The third-order valence-electron chi connectivity index (χ3n) is 6.43. The summed E-state index contributed by atoms with van der Waals surface area (Å²) < 4.78 is 40.9. The number of carbonyl (C=O) groups is 3. The minimum absolute atomic E-state index is 0. The van der Waals surface area contributed by atoms with Gasteiger partial charge in [-0.2, -0.15) is 40.5 Å². The number of hydrogen-bond donors (Lipinski definition) is 6. The number of carboxylic acids is 1. The normalized spacial score (nSPS) is 16.6. The van der Waals surface area contributed by atoms with Gasteiger partial charge in [0.15, 0.2) is 16.6 Å². The smallest absolute Gasteiger partial charge is 0.418 e.